The molecule has 0 saturated carbocycles. The molecule has 1 aromatic carbocycles. The first-order chi connectivity index (χ1) is 11.6. The second-order valence-corrected chi connectivity index (χ2v) is 6.37. The molecule has 1 aromatic heterocycles. The Kier molecular flexibility index (Phi) is 6.61. The van der Waals surface area contributed by atoms with Crippen molar-refractivity contribution < 1.29 is 19.4 Å². The second kappa shape index (κ2) is 8.68. The number of unbranched alkanes of at least 4 members (excludes halogenated alkanes) is 2. The van der Waals surface area contributed by atoms with Crippen LogP contribution in [0.4, 0.5) is 0 Å². The van der Waals surface area contributed by atoms with Gasteiger partial charge in [0.1, 0.15) is 5.01 Å². The lowest BCUT2D eigenvalue weighted by Gasteiger charge is -2.12. The highest BCUT2D eigenvalue weighted by Crippen LogP contribution is 2.35. The quantitative estimate of drug-likeness (QED) is 0.649. The maximum atomic E-state index is 11.1. The van der Waals surface area contributed by atoms with Gasteiger partial charge in [-0.1, -0.05) is 19.8 Å². The van der Waals surface area contributed by atoms with Crippen LogP contribution in [-0.4, -0.2) is 24.2 Å². The summed E-state index contributed by atoms with van der Waals surface area (Å²) in [5.41, 5.74) is 1.27. The first-order valence-electron chi connectivity index (χ1n) is 8.15. The largest absolute Gasteiger partial charge is 0.544 e. The summed E-state index contributed by atoms with van der Waals surface area (Å²) < 4.78 is 11.5. The summed E-state index contributed by atoms with van der Waals surface area (Å²) in [5.74, 6) is 0.150. The van der Waals surface area contributed by atoms with E-state index >= 15 is 0 Å². The third kappa shape index (κ3) is 4.47. The van der Waals surface area contributed by atoms with Gasteiger partial charge >= 0.3 is 0 Å². The second-order valence-electron chi connectivity index (χ2n) is 5.37. The maximum absolute atomic E-state index is 11.1. The summed E-state index contributed by atoms with van der Waals surface area (Å²) in [4.78, 5) is 15.6. The number of carbonyl (C=O) groups excluding carboxylic acids is 1. The van der Waals surface area contributed by atoms with Crippen LogP contribution in [0, 0.1) is 6.92 Å². The van der Waals surface area contributed by atoms with E-state index in [1.54, 1.807) is 6.92 Å². The van der Waals surface area contributed by atoms with Gasteiger partial charge in [0.25, 0.3) is 0 Å². The molecule has 0 bridgehead atoms. The third-order valence-electron chi connectivity index (χ3n) is 3.48. The molecular formula is C18H22NO4S-. The number of aryl methyl sites for hydroxylation is 1. The van der Waals surface area contributed by atoms with Gasteiger partial charge in [-0.05, 0) is 38.5 Å². The normalized spacial score (nSPS) is 10.6. The molecule has 0 unspecified atom stereocenters. The molecule has 0 fully saturated rings. The van der Waals surface area contributed by atoms with E-state index in [-0.39, 0.29) is 4.88 Å². The van der Waals surface area contributed by atoms with E-state index in [0.29, 0.717) is 35.4 Å². The van der Waals surface area contributed by atoms with E-state index in [2.05, 4.69) is 11.9 Å². The van der Waals surface area contributed by atoms with E-state index in [9.17, 15) is 9.90 Å². The molecule has 0 aliphatic carbocycles. The average Bonchev–Trinajstić information content (AvgIpc) is 2.95. The van der Waals surface area contributed by atoms with Crippen LogP contribution >= 0.6 is 11.3 Å². The molecule has 0 saturated heterocycles. The van der Waals surface area contributed by atoms with Gasteiger partial charge in [0.2, 0.25) is 0 Å². The number of benzene rings is 1. The number of hydrogen-bond donors (Lipinski definition) is 0. The molecule has 24 heavy (non-hydrogen) atoms. The highest BCUT2D eigenvalue weighted by atomic mass is 32.1. The van der Waals surface area contributed by atoms with Crippen molar-refractivity contribution in [3.05, 3.63) is 28.8 Å². The Bertz CT molecular complexity index is 696. The summed E-state index contributed by atoms with van der Waals surface area (Å²) >= 11 is 1.11. The lowest BCUT2D eigenvalue weighted by atomic mass is 10.2. The molecule has 0 amide bonds. The van der Waals surface area contributed by atoms with Crippen molar-refractivity contribution in [1.29, 1.82) is 0 Å². The zero-order chi connectivity index (χ0) is 17.5. The van der Waals surface area contributed by atoms with Gasteiger partial charge in [-0.2, -0.15) is 0 Å². The number of carboxylic acid groups (broad SMARTS) is 1. The zero-order valence-corrected chi connectivity index (χ0v) is 15.1. The first kappa shape index (κ1) is 18.3. The van der Waals surface area contributed by atoms with Crippen molar-refractivity contribution in [2.24, 2.45) is 0 Å². The molecule has 1 heterocycles. The molecule has 0 aliphatic rings. The van der Waals surface area contributed by atoms with E-state index in [1.807, 2.05) is 25.1 Å². The fraction of sp³-hybridized carbons (Fsp3) is 0.444. The van der Waals surface area contributed by atoms with Gasteiger partial charge in [-0.15, -0.1) is 11.3 Å². The minimum absolute atomic E-state index is 0.155. The van der Waals surface area contributed by atoms with Crippen molar-refractivity contribution in [3.63, 3.8) is 0 Å². The topological polar surface area (TPSA) is 71.5 Å². The average molecular weight is 348 g/mol. The smallest absolute Gasteiger partial charge is 0.161 e. The molecule has 0 atom stereocenters. The van der Waals surface area contributed by atoms with E-state index in [0.717, 1.165) is 36.2 Å². The van der Waals surface area contributed by atoms with Crippen LogP contribution in [0.15, 0.2) is 18.2 Å². The Morgan fingerprint density at radius 3 is 2.62 bits per heavy atom. The summed E-state index contributed by atoms with van der Waals surface area (Å²) in [6.45, 7) is 6.90. The van der Waals surface area contributed by atoms with E-state index in [4.69, 9.17) is 9.47 Å². The number of carboxylic acids is 1. The number of aromatic nitrogens is 1. The predicted molar refractivity (Wildman–Crippen MR) is 92.8 cm³/mol. The molecule has 0 N–H and O–H groups in total. The Labute approximate surface area is 146 Å². The van der Waals surface area contributed by atoms with E-state index < -0.39 is 5.97 Å². The predicted octanol–water partition coefficient (Wildman–Crippen LogP) is 3.45. The van der Waals surface area contributed by atoms with Crippen LogP contribution in [0.2, 0.25) is 0 Å². The lowest BCUT2D eigenvalue weighted by molar-refractivity contribution is -0.254. The van der Waals surface area contributed by atoms with Crippen molar-refractivity contribution in [1.82, 2.24) is 4.98 Å². The summed E-state index contributed by atoms with van der Waals surface area (Å²) in [5, 5.41) is 11.7. The van der Waals surface area contributed by atoms with Gasteiger partial charge < -0.3 is 19.4 Å². The molecule has 130 valence electrons. The molecule has 5 nitrogen and oxygen atoms in total. The van der Waals surface area contributed by atoms with Crippen LogP contribution in [0.1, 0.15) is 48.5 Å². The molecule has 2 aromatic rings. The number of rotatable bonds is 9. The van der Waals surface area contributed by atoms with Crippen LogP contribution in [0.25, 0.3) is 10.6 Å². The monoisotopic (exact) mass is 348 g/mol. The molecular weight excluding hydrogens is 326 g/mol. The number of thiazole rings is 1. The van der Waals surface area contributed by atoms with Gasteiger partial charge in [-0.25, -0.2) is 4.98 Å². The SMILES string of the molecule is CCCCCOc1ccc(-c2nc(C)c(C(=O)[O-])s2)cc1OCC. The lowest BCUT2D eigenvalue weighted by Crippen LogP contribution is -2.21. The Morgan fingerprint density at radius 2 is 2.00 bits per heavy atom. The third-order valence-corrected chi connectivity index (χ3v) is 4.66. The molecule has 0 spiro atoms. The highest BCUT2D eigenvalue weighted by Gasteiger charge is 2.13. The zero-order valence-electron chi connectivity index (χ0n) is 14.3. The number of carbonyl (C=O) groups is 1. The Balaban J connectivity index is 2.24. The molecule has 0 radical (unpaired) electrons. The standard InChI is InChI=1S/C18H23NO4S/c1-4-6-7-10-23-14-9-8-13(11-15(14)22-5-2)17-19-12(3)16(24-17)18(20)21/h8-9,11H,4-7,10H2,1-3H3,(H,20,21)/p-1. The van der Waals surface area contributed by atoms with Crippen LogP contribution in [-0.2, 0) is 0 Å². The summed E-state index contributed by atoms with van der Waals surface area (Å²) in [7, 11) is 0. The number of ether oxygens (including phenoxy) is 2. The summed E-state index contributed by atoms with van der Waals surface area (Å²) in [6.07, 6.45) is 3.28. The van der Waals surface area contributed by atoms with Crippen LogP contribution in [0.5, 0.6) is 11.5 Å². The Hall–Kier alpha value is -2.08. The van der Waals surface area contributed by atoms with Crippen molar-refractivity contribution >= 4 is 17.3 Å². The number of hydrogen-bond acceptors (Lipinski definition) is 6. The van der Waals surface area contributed by atoms with Crippen molar-refractivity contribution in [3.8, 4) is 22.1 Å². The maximum Gasteiger partial charge on any atom is 0.161 e. The van der Waals surface area contributed by atoms with Gasteiger partial charge in [-0.3, -0.25) is 0 Å². The van der Waals surface area contributed by atoms with Crippen molar-refractivity contribution in [2.75, 3.05) is 13.2 Å². The minimum atomic E-state index is -1.20. The summed E-state index contributed by atoms with van der Waals surface area (Å²) in [6, 6.07) is 5.56. The van der Waals surface area contributed by atoms with Gasteiger partial charge in [0.15, 0.2) is 11.5 Å². The van der Waals surface area contributed by atoms with Crippen molar-refractivity contribution in [2.45, 2.75) is 40.0 Å². The van der Waals surface area contributed by atoms with Crippen LogP contribution in [0.3, 0.4) is 0 Å². The first-order valence-corrected chi connectivity index (χ1v) is 8.97. The van der Waals surface area contributed by atoms with Crippen LogP contribution < -0.4 is 14.6 Å². The molecule has 6 heteroatoms. The minimum Gasteiger partial charge on any atom is -0.544 e. The number of nitrogens with zero attached hydrogens (tertiary/aromatic N) is 1. The fourth-order valence-electron chi connectivity index (χ4n) is 2.27. The number of aromatic carboxylic acids is 1. The van der Waals surface area contributed by atoms with E-state index in [1.165, 1.54) is 0 Å². The fourth-order valence-corrected chi connectivity index (χ4v) is 3.17. The van der Waals surface area contributed by atoms with Gasteiger partial charge in [0.05, 0.1) is 29.8 Å². The highest BCUT2D eigenvalue weighted by molar-refractivity contribution is 7.17. The molecule has 0 aliphatic heterocycles. The Morgan fingerprint density at radius 1 is 1.21 bits per heavy atom. The molecule has 2 rings (SSSR count). The van der Waals surface area contributed by atoms with Gasteiger partial charge in [0, 0.05) is 5.56 Å².